The average molecular weight is 349 g/mol. The SMILES string of the molecule is Cc1nn2cnc(C(=O)Nc3ccccc3F)cc2c1Br. The molecule has 0 atom stereocenters. The van der Waals surface area contributed by atoms with Gasteiger partial charge in [0.2, 0.25) is 0 Å². The van der Waals surface area contributed by atoms with Gasteiger partial charge in [0.25, 0.3) is 5.91 Å². The highest BCUT2D eigenvalue weighted by Gasteiger charge is 2.13. The lowest BCUT2D eigenvalue weighted by atomic mass is 10.2. The molecule has 0 spiro atoms. The van der Waals surface area contributed by atoms with Crippen LogP contribution in [0.2, 0.25) is 0 Å². The number of para-hydroxylation sites is 1. The number of carbonyl (C=O) groups excluding carboxylic acids is 1. The molecule has 2 aromatic heterocycles. The van der Waals surface area contributed by atoms with Gasteiger partial charge in [0, 0.05) is 0 Å². The summed E-state index contributed by atoms with van der Waals surface area (Å²) in [5.41, 5.74) is 1.82. The van der Waals surface area contributed by atoms with E-state index in [1.54, 1.807) is 22.7 Å². The van der Waals surface area contributed by atoms with E-state index in [-0.39, 0.29) is 11.4 Å². The molecule has 0 bridgehead atoms. The van der Waals surface area contributed by atoms with Gasteiger partial charge in [-0.15, -0.1) is 0 Å². The Balaban J connectivity index is 1.95. The van der Waals surface area contributed by atoms with Crippen molar-refractivity contribution in [2.45, 2.75) is 6.92 Å². The average Bonchev–Trinajstić information content (AvgIpc) is 2.76. The van der Waals surface area contributed by atoms with Crippen LogP contribution in [0.4, 0.5) is 10.1 Å². The maximum atomic E-state index is 13.5. The van der Waals surface area contributed by atoms with Crippen LogP contribution >= 0.6 is 15.9 Å². The molecular weight excluding hydrogens is 339 g/mol. The summed E-state index contributed by atoms with van der Waals surface area (Å²) in [6.07, 6.45) is 1.45. The Morgan fingerprint density at radius 2 is 2.14 bits per heavy atom. The molecule has 2 heterocycles. The summed E-state index contributed by atoms with van der Waals surface area (Å²) in [6.45, 7) is 1.84. The van der Waals surface area contributed by atoms with E-state index in [2.05, 4.69) is 31.3 Å². The van der Waals surface area contributed by atoms with Crippen LogP contribution in [0.15, 0.2) is 41.1 Å². The monoisotopic (exact) mass is 348 g/mol. The van der Waals surface area contributed by atoms with Gasteiger partial charge in [0.15, 0.2) is 0 Å². The summed E-state index contributed by atoms with van der Waals surface area (Å²) in [6, 6.07) is 7.57. The molecule has 106 valence electrons. The number of amides is 1. The van der Waals surface area contributed by atoms with Gasteiger partial charge in [-0.05, 0) is 41.1 Å². The molecule has 1 aromatic carbocycles. The number of rotatable bonds is 2. The largest absolute Gasteiger partial charge is 0.318 e. The zero-order valence-electron chi connectivity index (χ0n) is 11.0. The first kappa shape index (κ1) is 13.7. The van der Waals surface area contributed by atoms with Crippen molar-refractivity contribution >= 4 is 33.0 Å². The normalized spacial score (nSPS) is 10.8. The minimum Gasteiger partial charge on any atom is -0.318 e. The van der Waals surface area contributed by atoms with Crippen LogP contribution in [0.1, 0.15) is 16.2 Å². The van der Waals surface area contributed by atoms with Crippen LogP contribution in [-0.2, 0) is 0 Å². The van der Waals surface area contributed by atoms with Crippen LogP contribution in [0.3, 0.4) is 0 Å². The highest BCUT2D eigenvalue weighted by atomic mass is 79.9. The van der Waals surface area contributed by atoms with E-state index in [0.717, 1.165) is 15.7 Å². The van der Waals surface area contributed by atoms with Gasteiger partial charge < -0.3 is 5.32 Å². The third-order valence-corrected chi connectivity index (χ3v) is 3.96. The highest BCUT2D eigenvalue weighted by molar-refractivity contribution is 9.10. The number of anilines is 1. The van der Waals surface area contributed by atoms with Crippen molar-refractivity contribution in [3.63, 3.8) is 0 Å². The molecule has 0 aliphatic heterocycles. The van der Waals surface area contributed by atoms with Crippen molar-refractivity contribution in [2.75, 3.05) is 5.32 Å². The Hall–Kier alpha value is -2.28. The van der Waals surface area contributed by atoms with E-state index in [4.69, 9.17) is 0 Å². The predicted octanol–water partition coefficient (Wildman–Crippen LogP) is 3.19. The molecule has 1 amide bonds. The fourth-order valence-corrected chi connectivity index (χ4v) is 2.29. The molecule has 0 unspecified atom stereocenters. The summed E-state index contributed by atoms with van der Waals surface area (Å²) in [5.74, 6) is -0.971. The second-order valence-corrected chi connectivity index (χ2v) is 5.23. The number of carbonyl (C=O) groups is 1. The Morgan fingerprint density at radius 3 is 2.90 bits per heavy atom. The molecule has 0 aliphatic rings. The lowest BCUT2D eigenvalue weighted by Gasteiger charge is -2.05. The lowest BCUT2D eigenvalue weighted by molar-refractivity contribution is 0.102. The van der Waals surface area contributed by atoms with Crippen molar-refractivity contribution in [3.8, 4) is 0 Å². The van der Waals surface area contributed by atoms with Crippen LogP contribution in [-0.4, -0.2) is 20.5 Å². The number of aromatic nitrogens is 3. The summed E-state index contributed by atoms with van der Waals surface area (Å²) in [7, 11) is 0. The Labute approximate surface area is 127 Å². The zero-order chi connectivity index (χ0) is 15.0. The summed E-state index contributed by atoms with van der Waals surface area (Å²) in [4.78, 5) is 16.2. The molecule has 21 heavy (non-hydrogen) atoms. The number of halogens is 2. The summed E-state index contributed by atoms with van der Waals surface area (Å²) in [5, 5.41) is 6.72. The van der Waals surface area contributed by atoms with E-state index in [9.17, 15) is 9.18 Å². The minimum absolute atomic E-state index is 0.118. The molecule has 7 heteroatoms. The van der Waals surface area contributed by atoms with Crippen molar-refractivity contribution in [2.24, 2.45) is 0 Å². The fraction of sp³-hybridized carbons (Fsp3) is 0.0714. The maximum absolute atomic E-state index is 13.5. The maximum Gasteiger partial charge on any atom is 0.274 e. The highest BCUT2D eigenvalue weighted by Crippen LogP contribution is 2.22. The molecule has 0 saturated carbocycles. The van der Waals surface area contributed by atoms with E-state index in [1.807, 2.05) is 6.92 Å². The topological polar surface area (TPSA) is 59.3 Å². The first-order valence-electron chi connectivity index (χ1n) is 6.12. The lowest BCUT2D eigenvalue weighted by Crippen LogP contribution is -2.15. The smallest absolute Gasteiger partial charge is 0.274 e. The van der Waals surface area contributed by atoms with Crippen LogP contribution in [0.5, 0.6) is 0 Å². The first-order valence-corrected chi connectivity index (χ1v) is 6.92. The molecule has 0 radical (unpaired) electrons. The number of nitrogens with zero attached hydrogens (tertiary/aromatic N) is 3. The van der Waals surface area contributed by atoms with Crippen LogP contribution < -0.4 is 5.32 Å². The second kappa shape index (κ2) is 5.25. The van der Waals surface area contributed by atoms with Gasteiger partial charge in [-0.1, -0.05) is 12.1 Å². The number of fused-ring (bicyclic) bond motifs is 1. The predicted molar refractivity (Wildman–Crippen MR) is 79.8 cm³/mol. The quantitative estimate of drug-likeness (QED) is 0.773. The first-order chi connectivity index (χ1) is 10.1. The van der Waals surface area contributed by atoms with Crippen LogP contribution in [0, 0.1) is 12.7 Å². The van der Waals surface area contributed by atoms with E-state index in [0.29, 0.717) is 0 Å². The summed E-state index contributed by atoms with van der Waals surface area (Å²) < 4.78 is 15.9. The van der Waals surface area contributed by atoms with Gasteiger partial charge in [-0.2, -0.15) is 5.10 Å². The van der Waals surface area contributed by atoms with Crippen LogP contribution in [0.25, 0.3) is 5.52 Å². The number of hydrogen-bond acceptors (Lipinski definition) is 3. The Bertz CT molecular complexity index is 846. The van der Waals surface area contributed by atoms with E-state index >= 15 is 0 Å². The summed E-state index contributed by atoms with van der Waals surface area (Å²) >= 11 is 3.41. The number of aryl methyl sites for hydroxylation is 1. The third kappa shape index (κ3) is 2.52. The van der Waals surface area contributed by atoms with Crippen molar-refractivity contribution in [1.29, 1.82) is 0 Å². The Kier molecular flexibility index (Phi) is 3.42. The van der Waals surface area contributed by atoms with Gasteiger partial charge in [0.05, 0.1) is 21.4 Å². The van der Waals surface area contributed by atoms with Crippen molar-refractivity contribution < 1.29 is 9.18 Å². The van der Waals surface area contributed by atoms with Gasteiger partial charge in [-0.25, -0.2) is 13.9 Å². The molecule has 0 aliphatic carbocycles. The van der Waals surface area contributed by atoms with Crippen molar-refractivity contribution in [3.05, 3.63) is 58.3 Å². The number of nitrogens with one attached hydrogen (secondary N) is 1. The molecule has 0 fully saturated rings. The molecule has 0 saturated heterocycles. The zero-order valence-corrected chi connectivity index (χ0v) is 12.6. The molecule has 1 N–H and O–H groups in total. The van der Waals surface area contributed by atoms with E-state index in [1.165, 1.54) is 18.5 Å². The molecule has 3 rings (SSSR count). The number of benzene rings is 1. The molecular formula is C14H10BrFN4O. The van der Waals surface area contributed by atoms with Gasteiger partial charge >= 0.3 is 0 Å². The molecule has 3 aromatic rings. The second-order valence-electron chi connectivity index (χ2n) is 4.44. The van der Waals surface area contributed by atoms with E-state index < -0.39 is 11.7 Å². The number of hydrogen-bond donors (Lipinski definition) is 1. The fourth-order valence-electron chi connectivity index (χ4n) is 1.92. The minimum atomic E-state index is -0.492. The van der Waals surface area contributed by atoms with Gasteiger partial charge in [-0.3, -0.25) is 4.79 Å². The molecule has 5 nitrogen and oxygen atoms in total. The third-order valence-electron chi connectivity index (χ3n) is 2.98. The standard InChI is InChI=1S/C14H10BrFN4O/c1-8-13(15)12-6-11(17-7-20(12)19-8)14(21)18-10-5-3-2-4-9(10)16/h2-7H,1H3,(H,18,21). The van der Waals surface area contributed by atoms with Crippen molar-refractivity contribution in [1.82, 2.24) is 14.6 Å². The van der Waals surface area contributed by atoms with Gasteiger partial charge in [0.1, 0.15) is 17.8 Å². The Morgan fingerprint density at radius 1 is 1.38 bits per heavy atom.